The number of alkyl halides is 3. The number of hydrogen-bond donors (Lipinski definition) is 0. The molecular weight excluding hydrogens is 559 g/mol. The van der Waals surface area contributed by atoms with Crippen LogP contribution in [0.15, 0.2) is 30.3 Å². The summed E-state index contributed by atoms with van der Waals surface area (Å²) in [6, 6.07) is 9.32. The lowest BCUT2D eigenvalue weighted by Gasteiger charge is -2.41. The average molecular weight is 604 g/mol. The molecule has 1 aromatic carbocycles. The normalized spacial score (nSPS) is 18.0. The fourth-order valence-electron chi connectivity index (χ4n) is 5.04. The predicted molar refractivity (Wildman–Crippen MR) is 163 cm³/mol. The van der Waals surface area contributed by atoms with Crippen molar-refractivity contribution in [2.75, 3.05) is 43.5 Å². The van der Waals surface area contributed by atoms with Crippen LogP contribution >= 0.6 is 0 Å². The van der Waals surface area contributed by atoms with Gasteiger partial charge < -0.3 is 19.1 Å². The number of benzene rings is 1. The van der Waals surface area contributed by atoms with Crippen LogP contribution in [0.2, 0.25) is 18.1 Å². The highest BCUT2D eigenvalue weighted by Gasteiger charge is 2.49. The summed E-state index contributed by atoms with van der Waals surface area (Å²) in [5.74, 6) is -0.400. The van der Waals surface area contributed by atoms with Gasteiger partial charge in [0.05, 0.1) is 11.7 Å². The van der Waals surface area contributed by atoms with E-state index < -0.39 is 37.8 Å². The molecule has 0 spiro atoms. The van der Waals surface area contributed by atoms with Crippen molar-refractivity contribution in [3.8, 4) is 6.07 Å². The topological polar surface area (TPSA) is 72.7 Å². The van der Waals surface area contributed by atoms with Gasteiger partial charge >= 0.3 is 6.18 Å². The van der Waals surface area contributed by atoms with Gasteiger partial charge in [-0.2, -0.15) is 18.4 Å². The number of rotatable bonds is 9. The Balaban J connectivity index is 2.19. The maximum atomic E-state index is 14.7. The molecule has 3 rings (SSSR count). The third-order valence-electron chi connectivity index (χ3n) is 8.23. The summed E-state index contributed by atoms with van der Waals surface area (Å²) >= 11 is 0. The van der Waals surface area contributed by atoms with Crippen LogP contribution < -0.4 is 9.80 Å². The van der Waals surface area contributed by atoms with Gasteiger partial charge in [0, 0.05) is 24.5 Å². The van der Waals surface area contributed by atoms with E-state index >= 15 is 0 Å². The van der Waals surface area contributed by atoms with Crippen LogP contribution in [0.5, 0.6) is 0 Å². The van der Waals surface area contributed by atoms with Gasteiger partial charge in [-0.3, -0.25) is 4.79 Å². The quantitative estimate of drug-likeness (QED) is 0.303. The Morgan fingerprint density at radius 3 is 2.38 bits per heavy atom. The highest BCUT2D eigenvalue weighted by atomic mass is 28.4. The van der Waals surface area contributed by atoms with Gasteiger partial charge in [-0.1, -0.05) is 32.9 Å². The highest BCUT2D eigenvalue weighted by Crippen LogP contribution is 2.42. The first-order valence-electron chi connectivity index (χ1n) is 14.3. The second-order valence-corrected chi connectivity index (χ2v) is 17.7. The van der Waals surface area contributed by atoms with Crippen LogP contribution in [-0.2, 0) is 15.4 Å². The van der Waals surface area contributed by atoms with Crippen LogP contribution in [0.4, 0.5) is 24.7 Å². The Bertz CT molecular complexity index is 1320. The minimum absolute atomic E-state index is 0.123. The molecule has 1 amide bonds. The van der Waals surface area contributed by atoms with Crippen molar-refractivity contribution in [3.05, 3.63) is 52.7 Å². The summed E-state index contributed by atoms with van der Waals surface area (Å²) < 4.78 is 49.0. The number of anilines is 2. The first-order chi connectivity index (χ1) is 19.4. The average Bonchev–Trinajstić information content (AvgIpc) is 3.27. The van der Waals surface area contributed by atoms with Gasteiger partial charge in [-0.05, 0) is 89.2 Å². The zero-order valence-electron chi connectivity index (χ0n) is 26.3. The minimum Gasteiger partial charge on any atom is -0.411 e. The summed E-state index contributed by atoms with van der Waals surface area (Å²) in [7, 11) is 1.53. The number of carbonyl (C=O) groups excluding carboxylic acids is 1. The SMILES string of the molecule is Cc1cccc(N(CCCN(C)C)C(=O)[C@@H]2[C@H](O[Si](C)(C)C(C)(C)C)CCN2c2nc(C)cc(C(F)(F)F)c2C#N)c1. The number of carbonyl (C=O) groups is 1. The van der Waals surface area contributed by atoms with Crippen molar-refractivity contribution in [3.63, 3.8) is 0 Å². The maximum absolute atomic E-state index is 14.7. The van der Waals surface area contributed by atoms with E-state index in [4.69, 9.17) is 4.43 Å². The number of halogens is 3. The fraction of sp³-hybridized carbons (Fsp3) is 0.581. The second kappa shape index (κ2) is 12.7. The molecule has 2 heterocycles. The molecule has 0 bridgehead atoms. The summed E-state index contributed by atoms with van der Waals surface area (Å²) in [5, 5.41) is 9.79. The summed E-state index contributed by atoms with van der Waals surface area (Å²) in [6.07, 6.45) is -4.21. The molecule has 1 fully saturated rings. The molecule has 2 atom stereocenters. The zero-order chi connectivity index (χ0) is 31.6. The van der Waals surface area contributed by atoms with E-state index in [-0.39, 0.29) is 29.0 Å². The number of aryl methyl sites for hydroxylation is 2. The molecule has 1 aliphatic rings. The van der Waals surface area contributed by atoms with E-state index in [1.54, 1.807) is 15.9 Å². The van der Waals surface area contributed by atoms with Crippen molar-refractivity contribution in [2.24, 2.45) is 0 Å². The Hall–Kier alpha value is -2.94. The lowest BCUT2D eigenvalue weighted by molar-refractivity contribution is -0.137. The number of aromatic nitrogens is 1. The summed E-state index contributed by atoms with van der Waals surface area (Å²) in [5.41, 5.74) is 0.197. The predicted octanol–water partition coefficient (Wildman–Crippen LogP) is 6.54. The third-order valence-corrected chi connectivity index (χ3v) is 12.7. The highest BCUT2D eigenvalue weighted by molar-refractivity contribution is 6.74. The Kier molecular flexibility index (Phi) is 10.2. The van der Waals surface area contributed by atoms with E-state index in [9.17, 15) is 23.2 Å². The van der Waals surface area contributed by atoms with Gasteiger partial charge in [-0.15, -0.1) is 0 Å². The molecule has 0 aliphatic carbocycles. The fourth-order valence-corrected chi connectivity index (χ4v) is 6.40. The number of nitriles is 1. The first kappa shape index (κ1) is 33.6. The maximum Gasteiger partial charge on any atom is 0.417 e. The van der Waals surface area contributed by atoms with E-state index in [2.05, 4.69) is 38.8 Å². The standard InChI is InChI=1S/C31H44F3N5O2Si/c1-21-12-10-13-23(18-21)38(16-11-15-37(6)7)29(40)27-26(41-42(8,9)30(3,4)5)14-17-39(27)28-24(20-35)25(31(32,33)34)19-22(2)36-28/h10,12-13,18-19,26-27H,11,14-17H2,1-9H3/t26-,27+/m1/s1. The van der Waals surface area contributed by atoms with Gasteiger partial charge in [0.15, 0.2) is 8.32 Å². The van der Waals surface area contributed by atoms with Crippen molar-refractivity contribution >= 4 is 25.7 Å². The van der Waals surface area contributed by atoms with Gasteiger partial charge in [0.2, 0.25) is 0 Å². The van der Waals surface area contributed by atoms with Gasteiger partial charge in [-0.25, -0.2) is 4.98 Å². The van der Waals surface area contributed by atoms with Crippen LogP contribution in [0.3, 0.4) is 0 Å². The van der Waals surface area contributed by atoms with Crippen molar-refractivity contribution in [1.29, 1.82) is 5.26 Å². The van der Waals surface area contributed by atoms with Gasteiger partial charge in [0.25, 0.3) is 5.91 Å². The molecule has 0 unspecified atom stereocenters. The smallest absolute Gasteiger partial charge is 0.411 e. The molecule has 1 aliphatic heterocycles. The van der Waals surface area contributed by atoms with Crippen molar-refractivity contribution in [2.45, 2.75) is 83.9 Å². The summed E-state index contributed by atoms with van der Waals surface area (Å²) in [6.45, 7) is 15.3. The molecule has 1 saturated heterocycles. The minimum atomic E-state index is -4.75. The van der Waals surface area contributed by atoms with Crippen molar-refractivity contribution < 1.29 is 22.4 Å². The largest absolute Gasteiger partial charge is 0.417 e. The molecule has 11 heteroatoms. The van der Waals surface area contributed by atoms with Crippen LogP contribution in [0.25, 0.3) is 0 Å². The lowest BCUT2D eigenvalue weighted by atomic mass is 10.1. The Labute approximate surface area is 249 Å². The lowest BCUT2D eigenvalue weighted by Crippen LogP contribution is -2.55. The monoisotopic (exact) mass is 603 g/mol. The molecular formula is C31H44F3N5O2Si. The third kappa shape index (κ3) is 7.52. The van der Waals surface area contributed by atoms with Crippen molar-refractivity contribution in [1.82, 2.24) is 9.88 Å². The van der Waals surface area contributed by atoms with Crippen LogP contribution in [0.1, 0.15) is 56.0 Å². The molecule has 1 aromatic heterocycles. The molecule has 7 nitrogen and oxygen atoms in total. The molecule has 2 aromatic rings. The Morgan fingerprint density at radius 1 is 1.17 bits per heavy atom. The molecule has 0 saturated carbocycles. The molecule has 0 N–H and O–H groups in total. The van der Waals surface area contributed by atoms with E-state index in [1.165, 1.54) is 6.92 Å². The number of pyridine rings is 1. The zero-order valence-corrected chi connectivity index (χ0v) is 27.3. The second-order valence-electron chi connectivity index (χ2n) is 12.9. The first-order valence-corrected chi connectivity index (χ1v) is 17.2. The van der Waals surface area contributed by atoms with Crippen LogP contribution in [0, 0.1) is 25.2 Å². The summed E-state index contributed by atoms with van der Waals surface area (Å²) in [4.78, 5) is 24.5. The Morgan fingerprint density at radius 2 is 1.83 bits per heavy atom. The number of nitrogens with zero attached hydrogens (tertiary/aromatic N) is 5. The van der Waals surface area contributed by atoms with E-state index in [1.807, 2.05) is 50.2 Å². The van der Waals surface area contributed by atoms with Gasteiger partial charge in [0.1, 0.15) is 23.5 Å². The van der Waals surface area contributed by atoms with Crippen LogP contribution in [-0.4, -0.2) is 70.0 Å². The number of amides is 1. The number of hydrogen-bond acceptors (Lipinski definition) is 6. The molecule has 230 valence electrons. The molecule has 42 heavy (non-hydrogen) atoms. The van der Waals surface area contributed by atoms with E-state index in [0.717, 1.165) is 18.2 Å². The van der Waals surface area contributed by atoms with E-state index in [0.29, 0.717) is 25.1 Å². The molecule has 0 radical (unpaired) electrons.